The molecule has 1 rings (SSSR count). The van der Waals surface area contributed by atoms with Crippen LogP contribution in [-0.2, 0) is 23.8 Å². The normalized spacial score (nSPS) is 18.4. The van der Waals surface area contributed by atoms with Gasteiger partial charge in [-0.2, -0.15) is 0 Å². The second kappa shape index (κ2) is 9.00. The van der Waals surface area contributed by atoms with Gasteiger partial charge in [-0.1, -0.05) is 12.8 Å². The van der Waals surface area contributed by atoms with E-state index in [1.54, 1.807) is 7.11 Å². The second-order valence-corrected chi connectivity index (χ2v) is 5.46. The molecule has 0 saturated heterocycles. The van der Waals surface area contributed by atoms with Crippen molar-refractivity contribution >= 4 is 11.9 Å². The fourth-order valence-corrected chi connectivity index (χ4v) is 3.08. The molecule has 6 heteroatoms. The lowest BCUT2D eigenvalue weighted by molar-refractivity contribution is -0.173. The number of ether oxygens (including phenoxy) is 3. The molecule has 1 aliphatic rings. The Morgan fingerprint density at radius 3 is 2.33 bits per heavy atom. The zero-order valence-corrected chi connectivity index (χ0v) is 12.9. The van der Waals surface area contributed by atoms with Crippen LogP contribution in [0.4, 0.5) is 0 Å². The number of carboxylic acids is 1. The van der Waals surface area contributed by atoms with E-state index in [-0.39, 0.29) is 18.9 Å². The van der Waals surface area contributed by atoms with Gasteiger partial charge in [0.05, 0.1) is 7.11 Å². The summed E-state index contributed by atoms with van der Waals surface area (Å²) in [5.41, 5.74) is -1.47. The maximum Gasteiger partial charge on any atom is 0.323 e. The number of rotatable bonds is 10. The van der Waals surface area contributed by atoms with Crippen molar-refractivity contribution in [3.8, 4) is 0 Å². The zero-order valence-electron chi connectivity index (χ0n) is 12.9. The molecule has 1 unspecified atom stereocenters. The van der Waals surface area contributed by atoms with Gasteiger partial charge in [0, 0.05) is 26.9 Å². The molecule has 1 atom stereocenters. The Labute approximate surface area is 125 Å². The van der Waals surface area contributed by atoms with Crippen molar-refractivity contribution < 1.29 is 28.9 Å². The molecule has 1 N–H and O–H groups in total. The average molecular weight is 302 g/mol. The highest BCUT2D eigenvalue weighted by molar-refractivity contribution is 5.99. The van der Waals surface area contributed by atoms with Crippen LogP contribution in [-0.4, -0.2) is 51.1 Å². The van der Waals surface area contributed by atoms with E-state index in [0.29, 0.717) is 13.2 Å². The molecular weight excluding hydrogens is 276 g/mol. The van der Waals surface area contributed by atoms with Gasteiger partial charge in [0.25, 0.3) is 0 Å². The number of methoxy groups -OCH3 is 2. The monoisotopic (exact) mass is 302 g/mol. The van der Waals surface area contributed by atoms with Gasteiger partial charge in [-0.05, 0) is 31.6 Å². The maximum atomic E-state index is 12.2. The first kappa shape index (κ1) is 17.9. The molecule has 0 aliphatic heterocycles. The predicted octanol–water partition coefficient (Wildman–Crippen LogP) is 1.86. The topological polar surface area (TPSA) is 82.1 Å². The van der Waals surface area contributed by atoms with E-state index in [9.17, 15) is 14.7 Å². The lowest BCUT2D eigenvalue weighted by Gasteiger charge is -2.32. The quantitative estimate of drug-likeness (QED) is 0.377. The first-order chi connectivity index (χ1) is 10.1. The summed E-state index contributed by atoms with van der Waals surface area (Å²) in [5.74, 6) is -1.91. The molecule has 1 aliphatic carbocycles. The summed E-state index contributed by atoms with van der Waals surface area (Å²) < 4.78 is 15.2. The second-order valence-electron chi connectivity index (χ2n) is 5.46. The summed E-state index contributed by atoms with van der Waals surface area (Å²) in [5, 5.41) is 9.65. The molecule has 0 heterocycles. The summed E-state index contributed by atoms with van der Waals surface area (Å²) in [6.45, 7) is 1.33. The van der Waals surface area contributed by atoms with Crippen molar-refractivity contribution in [2.75, 3.05) is 34.0 Å². The van der Waals surface area contributed by atoms with E-state index in [1.165, 1.54) is 7.11 Å². The van der Waals surface area contributed by atoms with Gasteiger partial charge in [-0.3, -0.25) is 9.59 Å². The maximum absolute atomic E-state index is 12.2. The summed E-state index contributed by atoms with van der Waals surface area (Å²) in [6, 6.07) is 0. The number of carboxylic acid groups (broad SMARTS) is 1. The van der Waals surface area contributed by atoms with Crippen LogP contribution in [0.2, 0.25) is 0 Å². The molecule has 21 heavy (non-hydrogen) atoms. The first-order valence-electron chi connectivity index (χ1n) is 7.48. The fraction of sp³-hybridized carbons (Fsp3) is 0.867. The van der Waals surface area contributed by atoms with Gasteiger partial charge in [0.2, 0.25) is 0 Å². The molecule has 0 radical (unpaired) electrons. The SMILES string of the molecule is COCCCOCCC(C(=O)O)(C(=O)OC)C1CCCC1. The number of carbonyl (C=O) groups excluding carboxylic acids is 1. The van der Waals surface area contributed by atoms with Gasteiger partial charge in [-0.25, -0.2) is 0 Å². The van der Waals surface area contributed by atoms with Crippen molar-refractivity contribution in [3.05, 3.63) is 0 Å². The molecule has 122 valence electrons. The number of esters is 1. The van der Waals surface area contributed by atoms with Gasteiger partial charge in [0.1, 0.15) is 0 Å². The highest BCUT2D eigenvalue weighted by Crippen LogP contribution is 2.43. The van der Waals surface area contributed by atoms with E-state index in [0.717, 1.165) is 32.1 Å². The minimum atomic E-state index is -1.47. The van der Waals surface area contributed by atoms with E-state index >= 15 is 0 Å². The third-order valence-electron chi connectivity index (χ3n) is 4.26. The third-order valence-corrected chi connectivity index (χ3v) is 4.26. The average Bonchev–Trinajstić information content (AvgIpc) is 3.00. The number of aliphatic carboxylic acids is 1. The molecule has 0 aromatic carbocycles. The van der Waals surface area contributed by atoms with Gasteiger partial charge in [0.15, 0.2) is 5.41 Å². The first-order valence-corrected chi connectivity index (χ1v) is 7.48. The minimum Gasteiger partial charge on any atom is -0.480 e. The van der Waals surface area contributed by atoms with Crippen LogP contribution >= 0.6 is 0 Å². The summed E-state index contributed by atoms with van der Waals surface area (Å²) in [6.07, 6.45) is 4.35. The van der Waals surface area contributed by atoms with Crippen molar-refractivity contribution in [1.29, 1.82) is 0 Å². The Morgan fingerprint density at radius 1 is 1.14 bits per heavy atom. The van der Waals surface area contributed by atoms with Crippen LogP contribution in [0.3, 0.4) is 0 Å². The zero-order chi connectivity index (χ0) is 15.7. The molecule has 6 nitrogen and oxygen atoms in total. The largest absolute Gasteiger partial charge is 0.480 e. The lowest BCUT2D eigenvalue weighted by atomic mass is 9.72. The Morgan fingerprint density at radius 2 is 1.81 bits per heavy atom. The predicted molar refractivity (Wildman–Crippen MR) is 76.0 cm³/mol. The molecule has 0 aromatic heterocycles. The van der Waals surface area contributed by atoms with Crippen LogP contribution in [0, 0.1) is 11.3 Å². The van der Waals surface area contributed by atoms with Crippen molar-refractivity contribution in [2.45, 2.75) is 38.5 Å². The number of hydrogen-bond donors (Lipinski definition) is 1. The van der Waals surface area contributed by atoms with Gasteiger partial charge >= 0.3 is 11.9 Å². The molecule has 0 amide bonds. The smallest absolute Gasteiger partial charge is 0.323 e. The Kier molecular flexibility index (Phi) is 7.67. The van der Waals surface area contributed by atoms with E-state index in [1.807, 2.05) is 0 Å². The molecule has 1 saturated carbocycles. The number of carbonyl (C=O) groups is 2. The van der Waals surface area contributed by atoms with E-state index in [2.05, 4.69) is 0 Å². The van der Waals surface area contributed by atoms with Crippen LogP contribution in [0.5, 0.6) is 0 Å². The standard InChI is InChI=1S/C15H26O6/c1-19-9-5-10-21-11-8-15(13(16)17,14(18)20-2)12-6-3-4-7-12/h12H,3-11H2,1-2H3,(H,16,17). The molecular formula is C15H26O6. The van der Waals surface area contributed by atoms with Crippen molar-refractivity contribution in [3.63, 3.8) is 0 Å². The summed E-state index contributed by atoms with van der Waals surface area (Å²) >= 11 is 0. The van der Waals surface area contributed by atoms with Crippen LogP contribution < -0.4 is 0 Å². The van der Waals surface area contributed by atoms with E-state index < -0.39 is 17.4 Å². The molecule has 0 bridgehead atoms. The molecule has 0 aromatic rings. The van der Waals surface area contributed by atoms with Gasteiger partial charge < -0.3 is 19.3 Å². The lowest BCUT2D eigenvalue weighted by Crippen LogP contribution is -2.46. The molecule has 0 spiro atoms. The summed E-state index contributed by atoms with van der Waals surface area (Å²) in [4.78, 5) is 23.9. The van der Waals surface area contributed by atoms with Crippen molar-refractivity contribution in [1.82, 2.24) is 0 Å². The Bertz CT molecular complexity index is 337. The minimum absolute atomic E-state index is 0.159. The fourth-order valence-electron chi connectivity index (χ4n) is 3.08. The van der Waals surface area contributed by atoms with Crippen molar-refractivity contribution in [2.24, 2.45) is 11.3 Å². The van der Waals surface area contributed by atoms with E-state index in [4.69, 9.17) is 14.2 Å². The third kappa shape index (κ3) is 4.41. The molecule has 1 fully saturated rings. The number of hydrogen-bond acceptors (Lipinski definition) is 5. The highest BCUT2D eigenvalue weighted by Gasteiger charge is 2.53. The van der Waals surface area contributed by atoms with Crippen LogP contribution in [0.25, 0.3) is 0 Å². The summed E-state index contributed by atoms with van der Waals surface area (Å²) in [7, 11) is 2.86. The van der Waals surface area contributed by atoms with Crippen LogP contribution in [0.15, 0.2) is 0 Å². The Hall–Kier alpha value is -1.14. The van der Waals surface area contributed by atoms with Crippen LogP contribution in [0.1, 0.15) is 38.5 Å². The van der Waals surface area contributed by atoms with Gasteiger partial charge in [-0.15, -0.1) is 0 Å². The Balaban J connectivity index is 2.66. The highest BCUT2D eigenvalue weighted by atomic mass is 16.5.